The fourth-order valence-electron chi connectivity index (χ4n) is 2.30. The number of nitrogens with one attached hydrogen (secondary N) is 1. The number of halogens is 1. The summed E-state index contributed by atoms with van der Waals surface area (Å²) >= 11 is 5.90. The summed E-state index contributed by atoms with van der Waals surface area (Å²) < 4.78 is 0. The van der Waals surface area contributed by atoms with Crippen LogP contribution < -0.4 is 5.32 Å². The summed E-state index contributed by atoms with van der Waals surface area (Å²) in [7, 11) is 0. The largest absolute Gasteiger partial charge is 0.322 e. The molecule has 23 heavy (non-hydrogen) atoms. The molecule has 3 aromatic rings. The summed E-state index contributed by atoms with van der Waals surface area (Å²) in [6, 6.07) is 22.9. The molecule has 0 saturated carbocycles. The third-order valence-corrected chi connectivity index (χ3v) is 3.89. The van der Waals surface area contributed by atoms with E-state index in [4.69, 9.17) is 11.6 Å². The van der Waals surface area contributed by atoms with Gasteiger partial charge in [0.05, 0.1) is 0 Å². The smallest absolute Gasteiger partial charge is 0.255 e. The maximum absolute atomic E-state index is 12.3. The number of benzene rings is 3. The van der Waals surface area contributed by atoms with Crippen LogP contribution in [0.5, 0.6) is 0 Å². The normalized spacial score (nSPS) is 10.3. The van der Waals surface area contributed by atoms with Gasteiger partial charge < -0.3 is 5.32 Å². The zero-order chi connectivity index (χ0) is 16.2. The van der Waals surface area contributed by atoms with Gasteiger partial charge in [-0.15, -0.1) is 0 Å². The van der Waals surface area contributed by atoms with E-state index in [2.05, 4.69) is 5.32 Å². The van der Waals surface area contributed by atoms with Crippen molar-refractivity contribution in [3.63, 3.8) is 0 Å². The van der Waals surface area contributed by atoms with Crippen LogP contribution in [0.4, 0.5) is 5.69 Å². The van der Waals surface area contributed by atoms with Crippen molar-refractivity contribution in [1.82, 2.24) is 0 Å². The van der Waals surface area contributed by atoms with E-state index in [9.17, 15) is 4.79 Å². The van der Waals surface area contributed by atoms with Gasteiger partial charge in [-0.3, -0.25) is 4.79 Å². The minimum atomic E-state index is -0.114. The van der Waals surface area contributed by atoms with E-state index < -0.39 is 0 Å². The standard InChI is InChI=1S/C20H16ClNO/c1-14-2-12-19(13-3-14)22-20(23)17-6-4-15(5-7-17)16-8-10-18(21)11-9-16/h2-13H,1H3,(H,22,23). The highest BCUT2D eigenvalue weighted by atomic mass is 35.5. The lowest BCUT2D eigenvalue weighted by Crippen LogP contribution is -2.11. The zero-order valence-corrected chi connectivity index (χ0v) is 13.5. The third kappa shape index (κ3) is 3.79. The van der Waals surface area contributed by atoms with E-state index in [1.165, 1.54) is 0 Å². The Hall–Kier alpha value is -2.58. The Kier molecular flexibility index (Phi) is 4.45. The predicted molar refractivity (Wildman–Crippen MR) is 96.0 cm³/mol. The molecule has 1 amide bonds. The molecule has 3 aromatic carbocycles. The van der Waals surface area contributed by atoms with Gasteiger partial charge in [0.1, 0.15) is 0 Å². The van der Waals surface area contributed by atoms with E-state index in [1.54, 1.807) is 0 Å². The highest BCUT2D eigenvalue weighted by molar-refractivity contribution is 6.30. The number of anilines is 1. The maximum Gasteiger partial charge on any atom is 0.255 e. The Balaban J connectivity index is 1.74. The molecule has 3 rings (SSSR count). The summed E-state index contributed by atoms with van der Waals surface area (Å²) in [5.41, 5.74) is 4.70. The monoisotopic (exact) mass is 321 g/mol. The molecule has 0 heterocycles. The fraction of sp³-hybridized carbons (Fsp3) is 0.0500. The van der Waals surface area contributed by atoms with E-state index in [1.807, 2.05) is 79.7 Å². The van der Waals surface area contributed by atoms with Gasteiger partial charge in [-0.25, -0.2) is 0 Å². The topological polar surface area (TPSA) is 29.1 Å². The van der Waals surface area contributed by atoms with Gasteiger partial charge in [-0.05, 0) is 54.4 Å². The van der Waals surface area contributed by atoms with Crippen molar-refractivity contribution in [3.8, 4) is 11.1 Å². The number of amides is 1. The first kappa shape index (κ1) is 15.3. The van der Waals surface area contributed by atoms with Crippen LogP contribution in [0.1, 0.15) is 15.9 Å². The molecular formula is C20H16ClNO. The molecule has 1 N–H and O–H groups in total. The first-order valence-electron chi connectivity index (χ1n) is 7.36. The fourth-order valence-corrected chi connectivity index (χ4v) is 2.42. The minimum absolute atomic E-state index is 0.114. The summed E-state index contributed by atoms with van der Waals surface area (Å²) in [6.45, 7) is 2.01. The van der Waals surface area contributed by atoms with Gasteiger partial charge in [0, 0.05) is 16.3 Å². The molecule has 2 nitrogen and oxygen atoms in total. The van der Waals surface area contributed by atoms with Crippen molar-refractivity contribution in [3.05, 3.63) is 88.9 Å². The Morgan fingerprint density at radius 1 is 0.783 bits per heavy atom. The molecule has 0 aliphatic rings. The molecule has 0 radical (unpaired) electrons. The van der Waals surface area contributed by atoms with E-state index in [0.29, 0.717) is 10.6 Å². The molecule has 0 atom stereocenters. The second-order valence-corrected chi connectivity index (χ2v) is 5.84. The summed E-state index contributed by atoms with van der Waals surface area (Å²) in [6.07, 6.45) is 0. The van der Waals surface area contributed by atoms with Gasteiger partial charge in [0.15, 0.2) is 0 Å². The lowest BCUT2D eigenvalue weighted by atomic mass is 10.0. The Bertz CT molecular complexity index is 806. The van der Waals surface area contributed by atoms with Crippen LogP contribution in [0, 0.1) is 6.92 Å². The number of carbonyl (C=O) groups is 1. The highest BCUT2D eigenvalue weighted by Crippen LogP contribution is 2.22. The molecule has 0 aromatic heterocycles. The highest BCUT2D eigenvalue weighted by Gasteiger charge is 2.06. The van der Waals surface area contributed by atoms with Crippen LogP contribution >= 0.6 is 11.6 Å². The number of hydrogen-bond donors (Lipinski definition) is 1. The first-order valence-corrected chi connectivity index (χ1v) is 7.74. The maximum atomic E-state index is 12.3. The molecular weight excluding hydrogens is 306 g/mol. The SMILES string of the molecule is Cc1ccc(NC(=O)c2ccc(-c3ccc(Cl)cc3)cc2)cc1. The number of aryl methyl sites for hydroxylation is 1. The predicted octanol–water partition coefficient (Wildman–Crippen LogP) is 5.57. The average Bonchev–Trinajstić information content (AvgIpc) is 2.58. The molecule has 114 valence electrons. The van der Waals surface area contributed by atoms with Gasteiger partial charge >= 0.3 is 0 Å². The molecule has 0 fully saturated rings. The average molecular weight is 322 g/mol. The quantitative estimate of drug-likeness (QED) is 0.671. The second-order valence-electron chi connectivity index (χ2n) is 5.40. The van der Waals surface area contributed by atoms with Crippen LogP contribution in [0.25, 0.3) is 11.1 Å². The lowest BCUT2D eigenvalue weighted by molar-refractivity contribution is 0.102. The van der Waals surface area contributed by atoms with Gasteiger partial charge in [0.2, 0.25) is 0 Å². The van der Waals surface area contributed by atoms with E-state index in [0.717, 1.165) is 22.4 Å². The zero-order valence-electron chi connectivity index (χ0n) is 12.7. The number of hydrogen-bond acceptors (Lipinski definition) is 1. The van der Waals surface area contributed by atoms with Crippen LogP contribution in [0.15, 0.2) is 72.8 Å². The molecule has 3 heteroatoms. The molecule has 0 bridgehead atoms. The van der Waals surface area contributed by atoms with Crippen molar-refractivity contribution < 1.29 is 4.79 Å². The van der Waals surface area contributed by atoms with Crippen LogP contribution in [0.3, 0.4) is 0 Å². The third-order valence-electron chi connectivity index (χ3n) is 3.63. The van der Waals surface area contributed by atoms with Gasteiger partial charge in [0.25, 0.3) is 5.91 Å². The summed E-state index contributed by atoms with van der Waals surface area (Å²) in [4.78, 5) is 12.3. The number of rotatable bonds is 3. The lowest BCUT2D eigenvalue weighted by Gasteiger charge is -2.07. The first-order chi connectivity index (χ1) is 11.1. The minimum Gasteiger partial charge on any atom is -0.322 e. The van der Waals surface area contributed by atoms with Gasteiger partial charge in [-0.2, -0.15) is 0 Å². The molecule has 0 aliphatic heterocycles. The molecule has 0 unspecified atom stereocenters. The van der Waals surface area contributed by atoms with Gasteiger partial charge in [-0.1, -0.05) is 53.6 Å². The summed E-state index contributed by atoms with van der Waals surface area (Å²) in [5.74, 6) is -0.114. The van der Waals surface area contributed by atoms with Crippen molar-refractivity contribution in [1.29, 1.82) is 0 Å². The van der Waals surface area contributed by atoms with Crippen molar-refractivity contribution in [2.75, 3.05) is 5.32 Å². The Morgan fingerprint density at radius 2 is 1.30 bits per heavy atom. The van der Waals surface area contributed by atoms with E-state index in [-0.39, 0.29) is 5.91 Å². The molecule has 0 saturated heterocycles. The van der Waals surface area contributed by atoms with Crippen molar-refractivity contribution >= 4 is 23.2 Å². The van der Waals surface area contributed by atoms with Crippen molar-refractivity contribution in [2.45, 2.75) is 6.92 Å². The summed E-state index contributed by atoms with van der Waals surface area (Å²) in [5, 5.41) is 3.61. The van der Waals surface area contributed by atoms with Crippen molar-refractivity contribution in [2.24, 2.45) is 0 Å². The van der Waals surface area contributed by atoms with E-state index >= 15 is 0 Å². The van der Waals surface area contributed by atoms with Crippen LogP contribution in [0.2, 0.25) is 5.02 Å². The number of carbonyl (C=O) groups excluding carboxylic acids is 1. The Morgan fingerprint density at radius 3 is 1.87 bits per heavy atom. The molecule has 0 spiro atoms. The molecule has 0 aliphatic carbocycles. The Labute approximate surface area is 140 Å². The van der Waals surface area contributed by atoms with Crippen LogP contribution in [-0.4, -0.2) is 5.91 Å². The van der Waals surface area contributed by atoms with Crippen LogP contribution in [-0.2, 0) is 0 Å². The second kappa shape index (κ2) is 6.67.